The zero-order valence-corrected chi connectivity index (χ0v) is 8.56. The molecule has 0 saturated heterocycles. The topological polar surface area (TPSA) is 59.4 Å². The highest BCUT2D eigenvalue weighted by molar-refractivity contribution is 7.08. The van der Waals surface area contributed by atoms with Crippen molar-refractivity contribution >= 4 is 17.5 Å². The van der Waals surface area contributed by atoms with Gasteiger partial charge in [0, 0.05) is 12.0 Å². The van der Waals surface area contributed by atoms with Gasteiger partial charge in [0.15, 0.2) is 6.10 Å². The van der Waals surface area contributed by atoms with E-state index in [0.29, 0.717) is 17.2 Å². The molecule has 4 nitrogen and oxygen atoms in total. The third-order valence-electron chi connectivity index (χ3n) is 2.24. The lowest BCUT2D eigenvalue weighted by atomic mass is 10.0. The summed E-state index contributed by atoms with van der Waals surface area (Å²) < 4.78 is 45.5. The van der Waals surface area contributed by atoms with Gasteiger partial charge in [-0.2, -0.15) is 17.5 Å². The molecule has 0 radical (unpaired) electrons. The van der Waals surface area contributed by atoms with Gasteiger partial charge in [-0.05, 0) is 11.5 Å². The summed E-state index contributed by atoms with van der Waals surface area (Å²) in [6.07, 6.45) is -6.89. The maximum atomic E-state index is 12.4. The second kappa shape index (κ2) is 3.70. The average Bonchev–Trinajstić information content (AvgIpc) is 2.58. The monoisotopic (exact) mass is 253 g/mol. The van der Waals surface area contributed by atoms with E-state index in [0.717, 1.165) is 0 Å². The van der Waals surface area contributed by atoms with Gasteiger partial charge in [0.25, 0.3) is 0 Å². The Morgan fingerprint density at radius 3 is 2.81 bits per heavy atom. The Labute approximate surface area is 91.8 Å². The highest BCUT2D eigenvalue weighted by Crippen LogP contribution is 2.33. The number of nitrogens with zero attached hydrogens (tertiary/aromatic N) is 1. The number of aromatic carboxylic acids is 1. The van der Waals surface area contributed by atoms with Crippen LogP contribution in [0.15, 0.2) is 0 Å². The van der Waals surface area contributed by atoms with Gasteiger partial charge in [-0.1, -0.05) is 0 Å². The summed E-state index contributed by atoms with van der Waals surface area (Å²) in [5.41, 5.74) is 0.439. The van der Waals surface area contributed by atoms with E-state index in [1.807, 2.05) is 0 Å². The normalized spacial score (nSPS) is 20.6. The first-order chi connectivity index (χ1) is 7.39. The number of alkyl halides is 3. The van der Waals surface area contributed by atoms with Crippen LogP contribution in [0.25, 0.3) is 0 Å². The minimum Gasteiger partial charge on any atom is -0.477 e. The number of hydrogen-bond acceptors (Lipinski definition) is 4. The van der Waals surface area contributed by atoms with E-state index in [-0.39, 0.29) is 17.0 Å². The Morgan fingerprint density at radius 2 is 2.25 bits per heavy atom. The molecule has 1 atom stereocenters. The number of halogens is 3. The van der Waals surface area contributed by atoms with E-state index >= 15 is 0 Å². The minimum atomic E-state index is -4.48. The first kappa shape index (κ1) is 11.3. The zero-order chi connectivity index (χ0) is 11.9. The Balaban J connectivity index is 2.31. The molecule has 2 heterocycles. The van der Waals surface area contributed by atoms with E-state index in [9.17, 15) is 18.0 Å². The fraction of sp³-hybridized carbons (Fsp3) is 0.500. The van der Waals surface area contributed by atoms with Crippen molar-refractivity contribution < 1.29 is 27.8 Å². The molecule has 8 heteroatoms. The fourth-order valence-corrected chi connectivity index (χ4v) is 2.22. The Morgan fingerprint density at radius 1 is 1.56 bits per heavy atom. The van der Waals surface area contributed by atoms with Crippen LogP contribution in [0.1, 0.15) is 20.9 Å². The Bertz CT molecular complexity index is 429. The summed E-state index contributed by atoms with van der Waals surface area (Å²) in [6.45, 7) is -0.288. The van der Waals surface area contributed by atoms with Gasteiger partial charge >= 0.3 is 12.1 Å². The number of rotatable bonds is 1. The summed E-state index contributed by atoms with van der Waals surface area (Å²) >= 11 is 0.689. The van der Waals surface area contributed by atoms with Crippen molar-refractivity contribution in [2.24, 2.45) is 0 Å². The van der Waals surface area contributed by atoms with Crippen molar-refractivity contribution in [3.63, 3.8) is 0 Å². The highest BCUT2D eigenvalue weighted by Gasteiger charge is 2.44. The van der Waals surface area contributed by atoms with Crippen LogP contribution in [0, 0.1) is 0 Å². The third-order valence-corrected chi connectivity index (χ3v) is 3.15. The first-order valence-electron chi connectivity index (χ1n) is 4.28. The van der Waals surface area contributed by atoms with Crippen molar-refractivity contribution in [2.45, 2.75) is 25.3 Å². The second-order valence-corrected chi connectivity index (χ2v) is 4.06. The smallest absolute Gasteiger partial charge is 0.414 e. The van der Waals surface area contributed by atoms with Gasteiger partial charge in [-0.25, -0.2) is 4.79 Å². The zero-order valence-electron chi connectivity index (χ0n) is 7.74. The average molecular weight is 253 g/mol. The molecule has 0 fully saturated rings. The molecule has 88 valence electrons. The van der Waals surface area contributed by atoms with E-state index in [4.69, 9.17) is 5.11 Å². The number of hydrogen-bond donors (Lipinski definition) is 1. The number of ether oxygens (including phenoxy) is 1. The third kappa shape index (κ3) is 1.90. The lowest BCUT2D eigenvalue weighted by molar-refractivity contribution is -0.226. The van der Waals surface area contributed by atoms with Gasteiger partial charge in [0.05, 0.1) is 12.3 Å². The molecule has 0 spiro atoms. The molecule has 1 aliphatic rings. The van der Waals surface area contributed by atoms with Crippen molar-refractivity contribution in [1.29, 1.82) is 0 Å². The Hall–Kier alpha value is -1.15. The SMILES string of the molecule is O=C(O)c1snc2c1CC(C(F)(F)F)OC2. The highest BCUT2D eigenvalue weighted by atomic mass is 32.1. The van der Waals surface area contributed by atoms with Gasteiger partial charge in [0.1, 0.15) is 4.88 Å². The summed E-state index contributed by atoms with van der Waals surface area (Å²) in [4.78, 5) is 10.6. The maximum Gasteiger partial charge on any atom is 0.414 e. The number of carboxylic acid groups (broad SMARTS) is 1. The summed E-state index contributed by atoms with van der Waals surface area (Å²) in [5.74, 6) is -1.25. The number of fused-ring (bicyclic) bond motifs is 1. The molecule has 1 N–H and O–H groups in total. The van der Waals surface area contributed by atoms with Crippen LogP contribution >= 0.6 is 11.5 Å². The van der Waals surface area contributed by atoms with E-state index in [2.05, 4.69) is 9.11 Å². The number of aromatic nitrogens is 1. The number of carboxylic acids is 1. The molecular formula is C8H6F3NO3S. The van der Waals surface area contributed by atoms with Crippen molar-refractivity contribution in [2.75, 3.05) is 0 Å². The molecule has 0 bridgehead atoms. The van der Waals surface area contributed by atoms with Crippen LogP contribution in [0.2, 0.25) is 0 Å². The van der Waals surface area contributed by atoms with Gasteiger partial charge in [-0.3, -0.25) is 0 Å². The molecule has 16 heavy (non-hydrogen) atoms. The second-order valence-electron chi connectivity index (χ2n) is 3.29. The predicted molar refractivity (Wildman–Crippen MR) is 47.4 cm³/mol. The van der Waals surface area contributed by atoms with Crippen LogP contribution in [0.3, 0.4) is 0 Å². The van der Waals surface area contributed by atoms with Crippen LogP contribution in [-0.4, -0.2) is 27.7 Å². The lowest BCUT2D eigenvalue weighted by Gasteiger charge is -2.24. The summed E-state index contributed by atoms with van der Waals surface area (Å²) in [5, 5.41) is 8.77. The van der Waals surface area contributed by atoms with Crippen LogP contribution in [0.5, 0.6) is 0 Å². The fourth-order valence-electron chi connectivity index (χ4n) is 1.47. The van der Waals surface area contributed by atoms with E-state index in [1.165, 1.54) is 0 Å². The van der Waals surface area contributed by atoms with Gasteiger partial charge in [-0.15, -0.1) is 0 Å². The van der Waals surface area contributed by atoms with Crippen LogP contribution in [-0.2, 0) is 17.8 Å². The molecule has 1 unspecified atom stereocenters. The summed E-state index contributed by atoms with van der Waals surface area (Å²) in [7, 11) is 0. The molecule has 1 aromatic heterocycles. The molecule has 0 saturated carbocycles. The van der Waals surface area contributed by atoms with E-state index in [1.54, 1.807) is 0 Å². The summed E-state index contributed by atoms with van der Waals surface area (Å²) in [6, 6.07) is 0. The van der Waals surface area contributed by atoms with Gasteiger partial charge < -0.3 is 9.84 Å². The molecule has 1 aliphatic heterocycles. The van der Waals surface area contributed by atoms with E-state index < -0.39 is 24.7 Å². The van der Waals surface area contributed by atoms with Crippen LogP contribution < -0.4 is 0 Å². The van der Waals surface area contributed by atoms with Crippen molar-refractivity contribution in [3.05, 3.63) is 16.1 Å². The molecule has 0 aliphatic carbocycles. The van der Waals surface area contributed by atoms with Crippen molar-refractivity contribution in [3.8, 4) is 0 Å². The number of carbonyl (C=O) groups is 1. The largest absolute Gasteiger partial charge is 0.477 e. The minimum absolute atomic E-state index is 0.132. The standard InChI is InChI=1S/C8H6F3NO3S/c9-8(10,11)5-1-3-4(2-15-5)12-16-6(3)7(13)14/h5H,1-2H2,(H,13,14). The van der Waals surface area contributed by atoms with Crippen LogP contribution in [0.4, 0.5) is 13.2 Å². The van der Waals surface area contributed by atoms with Crippen molar-refractivity contribution in [1.82, 2.24) is 4.37 Å². The molecule has 1 aromatic rings. The molecule has 0 amide bonds. The lowest BCUT2D eigenvalue weighted by Crippen LogP contribution is -2.36. The molecule has 2 rings (SSSR count). The Kier molecular flexibility index (Phi) is 2.62. The van der Waals surface area contributed by atoms with Gasteiger partial charge in [0.2, 0.25) is 0 Å². The maximum absolute atomic E-state index is 12.4. The molecular weight excluding hydrogens is 247 g/mol. The first-order valence-corrected chi connectivity index (χ1v) is 5.06. The molecule has 0 aromatic carbocycles. The quantitative estimate of drug-likeness (QED) is 0.829. The predicted octanol–water partition coefficient (Wildman–Crippen LogP) is 1.84.